The largest absolute Gasteiger partial charge is 0.349 e. The third kappa shape index (κ3) is 3.98. The van der Waals surface area contributed by atoms with E-state index in [1.165, 1.54) is 10.5 Å². The molecule has 0 saturated carbocycles. The first-order valence-electron chi connectivity index (χ1n) is 9.74. The Morgan fingerprint density at radius 2 is 1.68 bits per heavy atom. The lowest BCUT2D eigenvalue weighted by molar-refractivity contribution is -0.122. The number of carbonyl (C=O) groups is 3. The van der Waals surface area contributed by atoms with Crippen molar-refractivity contribution in [2.45, 2.75) is 46.1 Å². The molecule has 146 valence electrons. The maximum Gasteiger partial charge on any atom is 0.261 e. The average molecular weight is 378 g/mol. The van der Waals surface area contributed by atoms with Gasteiger partial charge in [0.1, 0.15) is 0 Å². The van der Waals surface area contributed by atoms with Crippen molar-refractivity contribution in [3.63, 3.8) is 0 Å². The SMILES string of the molecule is CC[C@H](NC(=O)CCCN1C(=O)c2ccccc2C1=O)c1ccc(C)cc1C. The number of benzene rings is 2. The Morgan fingerprint density at radius 1 is 1.04 bits per heavy atom. The number of hydrogen-bond acceptors (Lipinski definition) is 3. The molecule has 3 rings (SSSR count). The normalized spacial score (nSPS) is 14.2. The summed E-state index contributed by atoms with van der Waals surface area (Å²) >= 11 is 0. The number of carbonyl (C=O) groups excluding carboxylic acids is 3. The lowest BCUT2D eigenvalue weighted by atomic mass is 9.97. The maximum absolute atomic E-state index is 12.4. The van der Waals surface area contributed by atoms with Gasteiger partial charge in [0.2, 0.25) is 5.91 Å². The molecule has 1 atom stereocenters. The Kier molecular flexibility index (Phi) is 5.93. The maximum atomic E-state index is 12.4. The van der Waals surface area contributed by atoms with E-state index < -0.39 is 0 Å². The molecule has 0 spiro atoms. The van der Waals surface area contributed by atoms with E-state index in [0.29, 0.717) is 17.5 Å². The lowest BCUT2D eigenvalue weighted by Gasteiger charge is -2.20. The Hall–Kier alpha value is -2.95. The van der Waals surface area contributed by atoms with Gasteiger partial charge >= 0.3 is 0 Å². The molecule has 1 heterocycles. The molecule has 2 aromatic carbocycles. The monoisotopic (exact) mass is 378 g/mol. The smallest absolute Gasteiger partial charge is 0.261 e. The highest BCUT2D eigenvalue weighted by Gasteiger charge is 2.34. The molecule has 0 saturated heterocycles. The molecule has 28 heavy (non-hydrogen) atoms. The summed E-state index contributed by atoms with van der Waals surface area (Å²) in [6.07, 6.45) is 1.52. The van der Waals surface area contributed by atoms with Crippen molar-refractivity contribution in [3.05, 3.63) is 70.3 Å². The average Bonchev–Trinajstić information content (AvgIpc) is 2.92. The minimum absolute atomic E-state index is 0.0348. The van der Waals surface area contributed by atoms with Gasteiger partial charge in [-0.2, -0.15) is 0 Å². The van der Waals surface area contributed by atoms with Crippen LogP contribution < -0.4 is 5.32 Å². The summed E-state index contributed by atoms with van der Waals surface area (Å²) in [6.45, 7) is 6.40. The van der Waals surface area contributed by atoms with E-state index in [1.807, 2.05) is 6.92 Å². The number of rotatable bonds is 7. The number of hydrogen-bond donors (Lipinski definition) is 1. The van der Waals surface area contributed by atoms with Crippen LogP contribution in [-0.4, -0.2) is 29.2 Å². The minimum Gasteiger partial charge on any atom is -0.349 e. The zero-order valence-corrected chi connectivity index (χ0v) is 16.6. The molecule has 0 aromatic heterocycles. The first kappa shape index (κ1) is 19.8. The summed E-state index contributed by atoms with van der Waals surface area (Å²) in [6, 6.07) is 13.0. The standard InChI is InChI=1S/C23H26N2O3/c1-4-20(17-12-11-15(2)14-16(17)3)24-21(26)10-7-13-25-22(27)18-8-5-6-9-19(18)23(25)28/h5-6,8-9,11-12,14,20H,4,7,10,13H2,1-3H3,(H,24,26)/t20-/m0/s1. The van der Waals surface area contributed by atoms with Gasteiger partial charge < -0.3 is 5.32 Å². The third-order valence-electron chi connectivity index (χ3n) is 5.21. The van der Waals surface area contributed by atoms with Crippen molar-refractivity contribution < 1.29 is 14.4 Å². The Morgan fingerprint density at radius 3 is 2.25 bits per heavy atom. The molecule has 0 fully saturated rings. The fraction of sp³-hybridized carbons (Fsp3) is 0.348. The van der Waals surface area contributed by atoms with Crippen molar-refractivity contribution in [3.8, 4) is 0 Å². The van der Waals surface area contributed by atoms with Gasteiger partial charge in [-0.3, -0.25) is 19.3 Å². The van der Waals surface area contributed by atoms with Gasteiger partial charge in [-0.1, -0.05) is 42.8 Å². The van der Waals surface area contributed by atoms with Crippen molar-refractivity contribution in [1.82, 2.24) is 10.2 Å². The van der Waals surface area contributed by atoms with Gasteiger partial charge in [-0.25, -0.2) is 0 Å². The first-order valence-corrected chi connectivity index (χ1v) is 9.74. The van der Waals surface area contributed by atoms with E-state index in [9.17, 15) is 14.4 Å². The van der Waals surface area contributed by atoms with Crippen LogP contribution in [-0.2, 0) is 4.79 Å². The molecule has 1 aliphatic heterocycles. The molecule has 0 bridgehead atoms. The highest BCUT2D eigenvalue weighted by Crippen LogP contribution is 2.24. The molecule has 1 aliphatic rings. The highest BCUT2D eigenvalue weighted by atomic mass is 16.2. The van der Waals surface area contributed by atoms with Crippen molar-refractivity contribution in [2.24, 2.45) is 0 Å². The number of nitrogens with one attached hydrogen (secondary N) is 1. The Labute approximate surface area is 165 Å². The van der Waals surface area contributed by atoms with Crippen LogP contribution in [0.4, 0.5) is 0 Å². The van der Waals surface area contributed by atoms with E-state index in [2.05, 4.69) is 37.4 Å². The zero-order valence-electron chi connectivity index (χ0n) is 16.6. The molecule has 0 radical (unpaired) electrons. The van der Waals surface area contributed by atoms with Gasteiger partial charge in [0, 0.05) is 13.0 Å². The van der Waals surface area contributed by atoms with Crippen molar-refractivity contribution in [1.29, 1.82) is 0 Å². The quantitative estimate of drug-likeness (QED) is 0.742. The second-order valence-electron chi connectivity index (χ2n) is 7.30. The molecule has 2 aromatic rings. The lowest BCUT2D eigenvalue weighted by Crippen LogP contribution is -2.33. The van der Waals surface area contributed by atoms with Crippen LogP contribution in [0.2, 0.25) is 0 Å². The van der Waals surface area contributed by atoms with E-state index in [0.717, 1.165) is 17.5 Å². The molecule has 1 N–H and O–H groups in total. The number of aryl methyl sites for hydroxylation is 2. The Bertz CT molecular complexity index is 885. The summed E-state index contributed by atoms with van der Waals surface area (Å²) in [5.41, 5.74) is 4.37. The predicted octanol–water partition coefficient (Wildman–Crippen LogP) is 3.95. The minimum atomic E-state index is -0.275. The summed E-state index contributed by atoms with van der Waals surface area (Å²) in [7, 11) is 0. The summed E-state index contributed by atoms with van der Waals surface area (Å²) in [5, 5.41) is 3.08. The summed E-state index contributed by atoms with van der Waals surface area (Å²) < 4.78 is 0. The molecule has 5 nitrogen and oxygen atoms in total. The van der Waals surface area contributed by atoms with Gasteiger partial charge in [0.25, 0.3) is 11.8 Å². The van der Waals surface area contributed by atoms with Crippen LogP contribution in [0.1, 0.15) is 69.6 Å². The zero-order chi connectivity index (χ0) is 20.3. The fourth-order valence-electron chi connectivity index (χ4n) is 3.72. The van der Waals surface area contributed by atoms with Crippen molar-refractivity contribution >= 4 is 17.7 Å². The topological polar surface area (TPSA) is 66.5 Å². The molecular weight excluding hydrogens is 352 g/mol. The van der Waals surface area contributed by atoms with Crippen LogP contribution >= 0.6 is 0 Å². The predicted molar refractivity (Wildman–Crippen MR) is 108 cm³/mol. The van der Waals surface area contributed by atoms with Crippen LogP contribution in [0.3, 0.4) is 0 Å². The number of fused-ring (bicyclic) bond motifs is 1. The molecule has 5 heteroatoms. The van der Waals surface area contributed by atoms with E-state index in [1.54, 1.807) is 24.3 Å². The molecule has 0 unspecified atom stereocenters. The molecular formula is C23H26N2O3. The summed E-state index contributed by atoms with van der Waals surface area (Å²) in [5.74, 6) is -0.617. The van der Waals surface area contributed by atoms with E-state index in [4.69, 9.17) is 0 Å². The van der Waals surface area contributed by atoms with Crippen LogP contribution in [0, 0.1) is 13.8 Å². The highest BCUT2D eigenvalue weighted by molar-refractivity contribution is 6.21. The first-order chi connectivity index (χ1) is 13.4. The van der Waals surface area contributed by atoms with Gasteiger partial charge in [0.05, 0.1) is 17.2 Å². The third-order valence-corrected chi connectivity index (χ3v) is 5.21. The summed E-state index contributed by atoms with van der Waals surface area (Å²) in [4.78, 5) is 38.4. The van der Waals surface area contributed by atoms with E-state index >= 15 is 0 Å². The molecule has 0 aliphatic carbocycles. The van der Waals surface area contributed by atoms with E-state index in [-0.39, 0.29) is 36.7 Å². The Balaban J connectivity index is 1.55. The van der Waals surface area contributed by atoms with Crippen LogP contribution in [0.25, 0.3) is 0 Å². The van der Waals surface area contributed by atoms with Crippen LogP contribution in [0.15, 0.2) is 42.5 Å². The second kappa shape index (κ2) is 8.38. The number of nitrogens with zero attached hydrogens (tertiary/aromatic N) is 1. The fourth-order valence-corrected chi connectivity index (χ4v) is 3.72. The van der Waals surface area contributed by atoms with Gasteiger partial charge in [0.15, 0.2) is 0 Å². The second-order valence-corrected chi connectivity index (χ2v) is 7.30. The molecule has 3 amide bonds. The number of amides is 3. The van der Waals surface area contributed by atoms with Gasteiger partial charge in [-0.15, -0.1) is 0 Å². The number of imide groups is 1. The van der Waals surface area contributed by atoms with Gasteiger partial charge in [-0.05, 0) is 49.9 Å². The van der Waals surface area contributed by atoms with Crippen LogP contribution in [0.5, 0.6) is 0 Å². The van der Waals surface area contributed by atoms with Crippen molar-refractivity contribution in [2.75, 3.05) is 6.54 Å².